The van der Waals surface area contributed by atoms with Crippen LogP contribution in [0.5, 0.6) is 0 Å². The van der Waals surface area contributed by atoms with Crippen LogP contribution in [0.25, 0.3) is 0 Å². The van der Waals surface area contributed by atoms with Gasteiger partial charge in [0.1, 0.15) is 7.85 Å². The van der Waals surface area contributed by atoms with Crippen molar-refractivity contribution in [1.29, 1.82) is 0 Å². The zero-order chi connectivity index (χ0) is 18.2. The highest BCUT2D eigenvalue weighted by Gasteiger charge is 2.56. The molecule has 3 aliphatic rings. The van der Waals surface area contributed by atoms with Gasteiger partial charge in [-0.15, -0.1) is 0 Å². The first-order valence-corrected chi connectivity index (χ1v) is 10.5. The van der Waals surface area contributed by atoms with Crippen molar-refractivity contribution in [3.05, 3.63) is 6.07 Å². The molecule has 1 spiro atoms. The standard InChI is InChI=1S/C14H21BN4O3S.C2H6/c1-17-13(6-12(15)16-17)23(20,21)19-9-14(10-19)7-18(8-14)11-2-4-22-5-3-11;1-2/h6,11H,2-5,7-10H2,1H3;1-2H3. The molecule has 2 radical (unpaired) electrons. The number of hydrogen-bond acceptors (Lipinski definition) is 5. The molecule has 0 saturated carbocycles. The highest BCUT2D eigenvalue weighted by Crippen LogP contribution is 2.43. The highest BCUT2D eigenvalue weighted by atomic mass is 32.2. The van der Waals surface area contributed by atoms with Gasteiger partial charge >= 0.3 is 0 Å². The summed E-state index contributed by atoms with van der Waals surface area (Å²) in [5.74, 6) is 0. The topological polar surface area (TPSA) is 67.7 Å². The molecule has 4 heterocycles. The maximum absolute atomic E-state index is 12.6. The molecule has 0 atom stereocenters. The molecule has 0 aliphatic carbocycles. The Labute approximate surface area is 151 Å². The molecule has 0 bridgehead atoms. The van der Waals surface area contributed by atoms with Gasteiger partial charge in [0.05, 0.1) is 0 Å². The zero-order valence-electron chi connectivity index (χ0n) is 15.3. The van der Waals surface area contributed by atoms with Gasteiger partial charge in [0.2, 0.25) is 0 Å². The SMILES string of the molecule is CC.[B]c1cc(S(=O)(=O)N2CC3(CN(C4CCOCC4)C3)C2)n(C)n1. The minimum atomic E-state index is -3.49. The first-order chi connectivity index (χ1) is 11.9. The number of aryl methyl sites for hydroxylation is 1. The molecule has 3 fully saturated rings. The van der Waals surface area contributed by atoms with Crippen LogP contribution < -0.4 is 5.59 Å². The molecule has 3 saturated heterocycles. The van der Waals surface area contributed by atoms with E-state index in [9.17, 15) is 8.42 Å². The van der Waals surface area contributed by atoms with Crippen LogP contribution in [0, 0.1) is 5.41 Å². The second kappa shape index (κ2) is 7.02. The number of nitrogens with zero attached hydrogens (tertiary/aromatic N) is 4. The molecule has 1 aromatic rings. The van der Waals surface area contributed by atoms with E-state index in [1.165, 1.54) is 10.7 Å². The summed E-state index contributed by atoms with van der Waals surface area (Å²) in [5.41, 5.74) is 0.380. The Hall–Kier alpha value is -0.895. The van der Waals surface area contributed by atoms with Gasteiger partial charge in [-0.3, -0.25) is 9.58 Å². The first kappa shape index (κ1) is 18.9. The fourth-order valence-electron chi connectivity index (χ4n) is 4.04. The van der Waals surface area contributed by atoms with Crippen LogP contribution in [0.2, 0.25) is 0 Å². The van der Waals surface area contributed by atoms with E-state index in [-0.39, 0.29) is 16.0 Å². The van der Waals surface area contributed by atoms with Gasteiger partial charge in [-0.2, -0.15) is 9.40 Å². The van der Waals surface area contributed by atoms with Crippen LogP contribution in [0.1, 0.15) is 26.7 Å². The van der Waals surface area contributed by atoms with Crippen molar-refractivity contribution in [2.75, 3.05) is 39.4 Å². The summed E-state index contributed by atoms with van der Waals surface area (Å²) in [6, 6.07) is 2.03. The maximum atomic E-state index is 12.6. The number of ether oxygens (including phenoxy) is 1. The summed E-state index contributed by atoms with van der Waals surface area (Å²) < 4.78 is 33.6. The lowest BCUT2D eigenvalue weighted by Gasteiger charge is -2.61. The summed E-state index contributed by atoms with van der Waals surface area (Å²) in [4.78, 5) is 2.48. The molecular formula is C16H27BN4O3S. The number of hydrogen-bond donors (Lipinski definition) is 0. The Kier molecular flexibility index (Phi) is 5.30. The highest BCUT2D eigenvalue weighted by molar-refractivity contribution is 7.89. The Balaban J connectivity index is 0.000000880. The summed E-state index contributed by atoms with van der Waals surface area (Å²) in [6.45, 7) is 8.88. The van der Waals surface area contributed by atoms with Crippen molar-refractivity contribution in [2.24, 2.45) is 12.5 Å². The normalized spacial score (nSPS) is 24.3. The monoisotopic (exact) mass is 366 g/mol. The number of sulfonamides is 1. The van der Waals surface area contributed by atoms with Gasteiger partial charge < -0.3 is 4.74 Å². The molecule has 4 rings (SSSR count). The zero-order valence-corrected chi connectivity index (χ0v) is 16.1. The van der Waals surface area contributed by atoms with Gasteiger partial charge in [-0.1, -0.05) is 13.8 Å². The van der Waals surface area contributed by atoms with E-state index in [2.05, 4.69) is 10.00 Å². The molecule has 0 aromatic carbocycles. The van der Waals surface area contributed by atoms with Crippen LogP contribution in [0.15, 0.2) is 11.1 Å². The van der Waals surface area contributed by atoms with E-state index in [0.29, 0.717) is 19.1 Å². The largest absolute Gasteiger partial charge is 0.381 e. The van der Waals surface area contributed by atoms with Crippen LogP contribution in [0.4, 0.5) is 0 Å². The summed E-state index contributed by atoms with van der Waals surface area (Å²) >= 11 is 0. The van der Waals surface area contributed by atoms with Gasteiger partial charge in [-0.05, 0) is 18.9 Å². The third-order valence-electron chi connectivity index (χ3n) is 5.27. The predicted molar refractivity (Wildman–Crippen MR) is 96.5 cm³/mol. The molecule has 9 heteroatoms. The molecule has 0 unspecified atom stereocenters. The number of rotatable bonds is 3. The smallest absolute Gasteiger partial charge is 0.260 e. The summed E-state index contributed by atoms with van der Waals surface area (Å²) in [5, 5.41) is 4.10. The maximum Gasteiger partial charge on any atom is 0.260 e. The van der Waals surface area contributed by atoms with Crippen molar-refractivity contribution in [3.63, 3.8) is 0 Å². The minimum Gasteiger partial charge on any atom is -0.381 e. The van der Waals surface area contributed by atoms with E-state index < -0.39 is 10.0 Å². The molecule has 138 valence electrons. The van der Waals surface area contributed by atoms with E-state index >= 15 is 0 Å². The molecule has 7 nitrogen and oxygen atoms in total. The van der Waals surface area contributed by atoms with Crippen LogP contribution in [0.3, 0.4) is 0 Å². The Morgan fingerprint density at radius 3 is 2.32 bits per heavy atom. The van der Waals surface area contributed by atoms with Crippen molar-refractivity contribution in [1.82, 2.24) is 19.0 Å². The van der Waals surface area contributed by atoms with Gasteiger partial charge in [0, 0.05) is 63.5 Å². The Morgan fingerprint density at radius 2 is 1.80 bits per heavy atom. The Bertz CT molecular complexity index is 701. The summed E-state index contributed by atoms with van der Waals surface area (Å²) in [6.07, 6.45) is 2.18. The molecule has 0 N–H and O–H groups in total. The van der Waals surface area contributed by atoms with Crippen LogP contribution >= 0.6 is 0 Å². The van der Waals surface area contributed by atoms with E-state index in [4.69, 9.17) is 12.6 Å². The van der Waals surface area contributed by atoms with Crippen LogP contribution in [-0.4, -0.2) is 80.7 Å². The quantitative estimate of drug-likeness (QED) is 0.689. The lowest BCUT2D eigenvalue weighted by Crippen LogP contribution is -2.74. The first-order valence-electron chi connectivity index (χ1n) is 9.01. The van der Waals surface area contributed by atoms with E-state index in [1.54, 1.807) is 11.4 Å². The van der Waals surface area contributed by atoms with Crippen molar-refractivity contribution >= 4 is 23.5 Å². The molecule has 25 heavy (non-hydrogen) atoms. The average molecular weight is 366 g/mol. The molecule has 3 aliphatic heterocycles. The molecule has 1 aromatic heterocycles. The fraction of sp³-hybridized carbons (Fsp3) is 0.812. The summed E-state index contributed by atoms with van der Waals surface area (Å²) in [7, 11) is 3.72. The van der Waals surface area contributed by atoms with Crippen LogP contribution in [-0.2, 0) is 21.8 Å². The van der Waals surface area contributed by atoms with E-state index in [0.717, 1.165) is 39.1 Å². The fourth-order valence-corrected chi connectivity index (χ4v) is 5.84. The Morgan fingerprint density at radius 1 is 1.20 bits per heavy atom. The van der Waals surface area contributed by atoms with E-state index in [1.807, 2.05) is 13.8 Å². The van der Waals surface area contributed by atoms with Gasteiger partial charge in [-0.25, -0.2) is 8.42 Å². The second-order valence-corrected chi connectivity index (χ2v) is 8.94. The lowest BCUT2D eigenvalue weighted by atomic mass is 9.73. The number of aromatic nitrogens is 2. The molecular weight excluding hydrogens is 339 g/mol. The van der Waals surface area contributed by atoms with Crippen molar-refractivity contribution in [3.8, 4) is 0 Å². The average Bonchev–Trinajstić information content (AvgIpc) is 2.87. The molecule has 0 amide bonds. The predicted octanol–water partition coefficient (Wildman–Crippen LogP) is -0.275. The second-order valence-electron chi connectivity index (χ2n) is 7.05. The van der Waals surface area contributed by atoms with Gasteiger partial charge in [0.25, 0.3) is 10.0 Å². The van der Waals surface area contributed by atoms with Crippen molar-refractivity contribution < 1.29 is 13.2 Å². The number of likely N-dealkylation sites (tertiary alicyclic amines) is 1. The van der Waals surface area contributed by atoms with Crippen molar-refractivity contribution in [2.45, 2.75) is 37.8 Å². The lowest BCUT2D eigenvalue weighted by molar-refractivity contribution is -0.116. The minimum absolute atomic E-state index is 0.148. The third-order valence-corrected chi connectivity index (χ3v) is 7.12. The third kappa shape index (κ3) is 3.39. The van der Waals surface area contributed by atoms with Gasteiger partial charge in [0.15, 0.2) is 5.03 Å².